The fraction of sp³-hybridized carbons (Fsp3) is 0.579. The van der Waals surface area contributed by atoms with Crippen molar-refractivity contribution in [2.24, 2.45) is 0 Å². The fourth-order valence-electron chi connectivity index (χ4n) is 3.01. The number of halogens is 1. The summed E-state index contributed by atoms with van der Waals surface area (Å²) in [7, 11) is 0. The summed E-state index contributed by atoms with van der Waals surface area (Å²) in [6.07, 6.45) is 2.37. The Morgan fingerprint density at radius 1 is 1.12 bits per heavy atom. The highest BCUT2D eigenvalue weighted by molar-refractivity contribution is 6.31. The monoisotopic (exact) mass is 365 g/mol. The Bertz CT molecular complexity index is 572. The lowest BCUT2D eigenvalue weighted by Gasteiger charge is -2.34. The van der Waals surface area contributed by atoms with E-state index in [1.165, 1.54) is 0 Å². The van der Waals surface area contributed by atoms with E-state index in [9.17, 15) is 9.59 Å². The van der Waals surface area contributed by atoms with Crippen LogP contribution in [-0.4, -0.2) is 60.9 Å². The Kier molecular flexibility index (Phi) is 8.22. The predicted molar refractivity (Wildman–Crippen MR) is 101 cm³/mol. The smallest absolute Gasteiger partial charge is 0.224 e. The molecule has 1 aromatic carbocycles. The molecule has 1 saturated heterocycles. The van der Waals surface area contributed by atoms with E-state index < -0.39 is 0 Å². The molecule has 138 valence electrons. The van der Waals surface area contributed by atoms with E-state index in [4.69, 9.17) is 11.6 Å². The van der Waals surface area contributed by atoms with Gasteiger partial charge in [0.05, 0.1) is 0 Å². The molecule has 0 bridgehead atoms. The van der Waals surface area contributed by atoms with Gasteiger partial charge in [0.1, 0.15) is 0 Å². The summed E-state index contributed by atoms with van der Waals surface area (Å²) in [5, 5.41) is 3.59. The van der Waals surface area contributed by atoms with Crippen LogP contribution in [0.15, 0.2) is 24.3 Å². The molecule has 1 aliphatic rings. The molecule has 1 fully saturated rings. The SMILES string of the molecule is CCN1CCN(C(=O)CCNC(=O)CCCc2ccccc2Cl)CC1. The average molecular weight is 366 g/mol. The Morgan fingerprint density at radius 2 is 1.84 bits per heavy atom. The fourth-order valence-corrected chi connectivity index (χ4v) is 3.24. The van der Waals surface area contributed by atoms with E-state index in [0.717, 1.165) is 56.2 Å². The number of amides is 2. The number of carbonyl (C=O) groups is 2. The molecule has 0 saturated carbocycles. The van der Waals surface area contributed by atoms with Crippen molar-refractivity contribution >= 4 is 23.4 Å². The van der Waals surface area contributed by atoms with Crippen LogP contribution in [0.4, 0.5) is 0 Å². The normalized spacial score (nSPS) is 15.2. The number of aryl methyl sites for hydroxylation is 1. The zero-order valence-corrected chi connectivity index (χ0v) is 15.7. The first-order valence-electron chi connectivity index (χ1n) is 9.10. The first-order chi connectivity index (χ1) is 12.1. The minimum atomic E-state index is -0.00402. The third kappa shape index (κ3) is 6.67. The van der Waals surface area contributed by atoms with Crippen LogP contribution in [0.3, 0.4) is 0 Å². The molecule has 0 spiro atoms. The third-order valence-electron chi connectivity index (χ3n) is 4.64. The summed E-state index contributed by atoms with van der Waals surface area (Å²) in [5.74, 6) is 0.128. The van der Waals surface area contributed by atoms with E-state index in [2.05, 4.69) is 17.1 Å². The Morgan fingerprint density at radius 3 is 2.52 bits per heavy atom. The quantitative estimate of drug-likeness (QED) is 0.769. The molecule has 6 heteroatoms. The van der Waals surface area contributed by atoms with Crippen molar-refractivity contribution in [2.75, 3.05) is 39.3 Å². The van der Waals surface area contributed by atoms with E-state index in [1.807, 2.05) is 29.2 Å². The minimum absolute atomic E-state index is 0.00402. The number of hydrogen-bond donors (Lipinski definition) is 1. The number of hydrogen-bond acceptors (Lipinski definition) is 3. The van der Waals surface area contributed by atoms with Crippen molar-refractivity contribution < 1.29 is 9.59 Å². The van der Waals surface area contributed by atoms with Gasteiger partial charge in [-0.3, -0.25) is 9.59 Å². The Balaban J connectivity index is 1.57. The molecule has 5 nitrogen and oxygen atoms in total. The second-order valence-electron chi connectivity index (χ2n) is 6.36. The highest BCUT2D eigenvalue weighted by Gasteiger charge is 2.19. The number of nitrogens with zero attached hydrogens (tertiary/aromatic N) is 2. The molecule has 2 rings (SSSR count). The van der Waals surface area contributed by atoms with Gasteiger partial charge in [0.2, 0.25) is 11.8 Å². The minimum Gasteiger partial charge on any atom is -0.356 e. The number of piperazine rings is 1. The molecule has 0 radical (unpaired) electrons. The van der Waals surface area contributed by atoms with Crippen molar-refractivity contribution in [2.45, 2.75) is 32.6 Å². The van der Waals surface area contributed by atoms with Crippen LogP contribution < -0.4 is 5.32 Å². The van der Waals surface area contributed by atoms with Crippen LogP contribution in [0.5, 0.6) is 0 Å². The molecular weight excluding hydrogens is 338 g/mol. The number of benzene rings is 1. The summed E-state index contributed by atoms with van der Waals surface area (Å²) in [6.45, 7) is 7.05. The van der Waals surface area contributed by atoms with Crippen molar-refractivity contribution in [1.82, 2.24) is 15.1 Å². The van der Waals surface area contributed by atoms with Crippen molar-refractivity contribution in [3.63, 3.8) is 0 Å². The van der Waals surface area contributed by atoms with Gasteiger partial charge in [-0.25, -0.2) is 0 Å². The van der Waals surface area contributed by atoms with Crippen molar-refractivity contribution in [3.05, 3.63) is 34.9 Å². The predicted octanol–water partition coefficient (Wildman–Crippen LogP) is 2.33. The number of rotatable bonds is 8. The lowest BCUT2D eigenvalue weighted by Crippen LogP contribution is -2.49. The molecule has 0 aliphatic carbocycles. The standard InChI is InChI=1S/C19H28ClN3O2/c1-2-22-12-14-23(15-13-22)19(25)10-11-21-18(24)9-5-7-16-6-3-4-8-17(16)20/h3-4,6,8H,2,5,7,9-15H2,1H3,(H,21,24). The van der Waals surface area contributed by atoms with Crippen LogP contribution >= 0.6 is 11.6 Å². The third-order valence-corrected chi connectivity index (χ3v) is 5.01. The van der Waals surface area contributed by atoms with Crippen LogP contribution in [0.25, 0.3) is 0 Å². The molecule has 0 atom stereocenters. The largest absolute Gasteiger partial charge is 0.356 e. The second kappa shape index (κ2) is 10.4. The lowest BCUT2D eigenvalue weighted by molar-refractivity contribution is -0.132. The lowest BCUT2D eigenvalue weighted by atomic mass is 10.1. The summed E-state index contributed by atoms with van der Waals surface area (Å²) in [5.41, 5.74) is 1.07. The topological polar surface area (TPSA) is 52.6 Å². The van der Waals surface area contributed by atoms with E-state index in [-0.39, 0.29) is 11.8 Å². The van der Waals surface area contributed by atoms with Gasteiger partial charge in [0.15, 0.2) is 0 Å². The van der Waals surface area contributed by atoms with Gasteiger partial charge in [0, 0.05) is 50.6 Å². The summed E-state index contributed by atoms with van der Waals surface area (Å²) >= 11 is 6.10. The molecular formula is C19H28ClN3O2. The molecule has 25 heavy (non-hydrogen) atoms. The molecule has 1 aliphatic heterocycles. The van der Waals surface area contributed by atoms with E-state index in [1.54, 1.807) is 0 Å². The Hall–Kier alpha value is -1.59. The first kappa shape index (κ1) is 19.7. The van der Waals surface area contributed by atoms with Crippen LogP contribution in [0, 0.1) is 0 Å². The number of nitrogens with one attached hydrogen (secondary N) is 1. The maximum absolute atomic E-state index is 12.2. The summed E-state index contributed by atoms with van der Waals surface area (Å²) in [4.78, 5) is 28.3. The maximum Gasteiger partial charge on any atom is 0.224 e. The van der Waals surface area contributed by atoms with Gasteiger partial charge in [-0.15, -0.1) is 0 Å². The molecule has 2 amide bonds. The molecule has 0 aromatic heterocycles. The van der Waals surface area contributed by atoms with Crippen LogP contribution in [0.2, 0.25) is 5.02 Å². The van der Waals surface area contributed by atoms with Gasteiger partial charge in [-0.2, -0.15) is 0 Å². The van der Waals surface area contributed by atoms with Gasteiger partial charge in [-0.1, -0.05) is 36.7 Å². The first-order valence-corrected chi connectivity index (χ1v) is 9.48. The summed E-state index contributed by atoms with van der Waals surface area (Å²) in [6, 6.07) is 7.70. The van der Waals surface area contributed by atoms with Crippen molar-refractivity contribution in [1.29, 1.82) is 0 Å². The maximum atomic E-state index is 12.2. The van der Waals surface area contributed by atoms with E-state index >= 15 is 0 Å². The second-order valence-corrected chi connectivity index (χ2v) is 6.77. The van der Waals surface area contributed by atoms with Crippen LogP contribution in [-0.2, 0) is 16.0 Å². The molecule has 1 N–H and O–H groups in total. The highest BCUT2D eigenvalue weighted by Crippen LogP contribution is 2.17. The highest BCUT2D eigenvalue weighted by atomic mass is 35.5. The molecule has 1 heterocycles. The van der Waals surface area contributed by atoms with E-state index in [0.29, 0.717) is 19.4 Å². The molecule has 1 aromatic rings. The van der Waals surface area contributed by atoms with Crippen LogP contribution in [0.1, 0.15) is 31.7 Å². The van der Waals surface area contributed by atoms with Crippen molar-refractivity contribution in [3.8, 4) is 0 Å². The van der Waals surface area contributed by atoms with Gasteiger partial charge in [-0.05, 0) is 31.0 Å². The number of carbonyl (C=O) groups excluding carboxylic acids is 2. The summed E-state index contributed by atoms with van der Waals surface area (Å²) < 4.78 is 0. The van der Waals surface area contributed by atoms with Gasteiger partial charge < -0.3 is 15.1 Å². The Labute approximate surface area is 155 Å². The molecule has 0 unspecified atom stereocenters. The zero-order valence-electron chi connectivity index (χ0n) is 15.0. The number of likely N-dealkylation sites (N-methyl/N-ethyl adjacent to an activating group) is 1. The average Bonchev–Trinajstić information content (AvgIpc) is 2.63. The zero-order chi connectivity index (χ0) is 18.1. The van der Waals surface area contributed by atoms with Gasteiger partial charge in [0.25, 0.3) is 0 Å². The van der Waals surface area contributed by atoms with Gasteiger partial charge >= 0.3 is 0 Å².